The maximum absolute atomic E-state index is 9.21. The molecular weight excluding hydrogens is 288 g/mol. The van der Waals surface area contributed by atoms with E-state index in [0.717, 1.165) is 50.9 Å². The Morgan fingerprint density at radius 1 is 1.33 bits per heavy atom. The van der Waals surface area contributed by atoms with Crippen molar-refractivity contribution >= 4 is 18.1 Å². The minimum atomic E-state index is -0.376. The average molecular weight is 309 g/mol. The number of rotatable bonds is 4. The second-order valence-electron chi connectivity index (χ2n) is 5.62. The molecule has 1 aliphatic carbocycles. The maximum atomic E-state index is 9.21. The average Bonchev–Trinajstić information content (AvgIpc) is 2.46. The first kappa shape index (κ1) is 15.9. The normalized spacial score (nSPS) is 20.5. The van der Waals surface area contributed by atoms with E-state index in [4.69, 9.17) is 4.74 Å². The van der Waals surface area contributed by atoms with Gasteiger partial charge in [-0.15, -0.1) is 12.4 Å². The minimum Gasteiger partial charge on any atom is -0.474 e. The van der Waals surface area contributed by atoms with Crippen molar-refractivity contribution in [2.45, 2.75) is 43.7 Å². The van der Waals surface area contributed by atoms with Gasteiger partial charge in [0.15, 0.2) is 0 Å². The SMILES string of the molecule is Cl.N#CC1(Nc2ccc(OC3CCNCC3)nc2)CCC1. The molecule has 0 bridgehead atoms. The van der Waals surface area contributed by atoms with E-state index in [1.165, 1.54) is 0 Å². The van der Waals surface area contributed by atoms with Gasteiger partial charge in [-0.05, 0) is 51.3 Å². The van der Waals surface area contributed by atoms with E-state index >= 15 is 0 Å². The number of anilines is 1. The molecule has 0 radical (unpaired) electrons. The molecule has 1 aromatic rings. The number of ether oxygens (including phenoxy) is 1. The van der Waals surface area contributed by atoms with E-state index in [9.17, 15) is 5.26 Å². The molecule has 3 rings (SSSR count). The lowest BCUT2D eigenvalue weighted by atomic mass is 9.78. The third-order valence-corrected chi connectivity index (χ3v) is 4.11. The van der Waals surface area contributed by atoms with Crippen LogP contribution in [0.2, 0.25) is 0 Å². The van der Waals surface area contributed by atoms with Crippen LogP contribution in [0, 0.1) is 11.3 Å². The third-order valence-electron chi connectivity index (χ3n) is 4.11. The van der Waals surface area contributed by atoms with Gasteiger partial charge >= 0.3 is 0 Å². The van der Waals surface area contributed by atoms with Crippen LogP contribution in [0.3, 0.4) is 0 Å². The summed E-state index contributed by atoms with van der Waals surface area (Å²) in [4.78, 5) is 4.34. The van der Waals surface area contributed by atoms with Crippen LogP contribution in [0.15, 0.2) is 18.3 Å². The molecule has 2 N–H and O–H groups in total. The summed E-state index contributed by atoms with van der Waals surface area (Å²) in [5.74, 6) is 0.669. The van der Waals surface area contributed by atoms with Crippen molar-refractivity contribution in [3.8, 4) is 11.9 Å². The van der Waals surface area contributed by atoms with Crippen LogP contribution >= 0.6 is 12.4 Å². The summed E-state index contributed by atoms with van der Waals surface area (Å²) in [5.41, 5.74) is 0.517. The van der Waals surface area contributed by atoms with E-state index in [1.54, 1.807) is 6.20 Å². The topological polar surface area (TPSA) is 70.0 Å². The van der Waals surface area contributed by atoms with Crippen molar-refractivity contribution < 1.29 is 4.74 Å². The van der Waals surface area contributed by atoms with Crippen LogP contribution in [0.1, 0.15) is 32.1 Å². The molecule has 21 heavy (non-hydrogen) atoms. The number of pyridine rings is 1. The zero-order valence-electron chi connectivity index (χ0n) is 12.0. The van der Waals surface area contributed by atoms with E-state index < -0.39 is 0 Å². The Balaban J connectivity index is 0.00000161. The molecule has 2 aliphatic rings. The molecule has 2 fully saturated rings. The van der Waals surface area contributed by atoms with E-state index in [-0.39, 0.29) is 24.0 Å². The Morgan fingerprint density at radius 3 is 2.62 bits per heavy atom. The monoisotopic (exact) mass is 308 g/mol. The molecule has 5 nitrogen and oxygen atoms in total. The lowest BCUT2D eigenvalue weighted by molar-refractivity contribution is 0.156. The van der Waals surface area contributed by atoms with Crippen LogP contribution in [-0.4, -0.2) is 29.7 Å². The van der Waals surface area contributed by atoms with Crippen molar-refractivity contribution in [2.24, 2.45) is 0 Å². The molecule has 1 aromatic heterocycles. The third kappa shape index (κ3) is 3.78. The quantitative estimate of drug-likeness (QED) is 0.894. The zero-order chi connectivity index (χ0) is 13.8. The van der Waals surface area contributed by atoms with Crippen LogP contribution in [-0.2, 0) is 0 Å². The molecule has 6 heteroatoms. The first-order valence-corrected chi connectivity index (χ1v) is 7.33. The predicted octanol–water partition coefficient (Wildman–Crippen LogP) is 2.49. The molecule has 0 spiro atoms. The molecular formula is C15H21ClN4O. The number of nitrogens with one attached hydrogen (secondary N) is 2. The fraction of sp³-hybridized carbons (Fsp3) is 0.600. The molecule has 0 aromatic carbocycles. The fourth-order valence-corrected chi connectivity index (χ4v) is 2.68. The molecule has 1 saturated carbocycles. The maximum Gasteiger partial charge on any atom is 0.213 e. The highest BCUT2D eigenvalue weighted by atomic mass is 35.5. The number of aromatic nitrogens is 1. The fourth-order valence-electron chi connectivity index (χ4n) is 2.68. The summed E-state index contributed by atoms with van der Waals surface area (Å²) in [5, 5.41) is 15.8. The molecule has 2 heterocycles. The summed E-state index contributed by atoms with van der Waals surface area (Å²) in [6.45, 7) is 2.02. The van der Waals surface area contributed by atoms with Gasteiger partial charge in [-0.3, -0.25) is 0 Å². The van der Waals surface area contributed by atoms with E-state index in [1.807, 2.05) is 12.1 Å². The first-order valence-electron chi connectivity index (χ1n) is 7.33. The number of hydrogen-bond donors (Lipinski definition) is 2. The van der Waals surface area contributed by atoms with Gasteiger partial charge in [-0.1, -0.05) is 0 Å². The predicted molar refractivity (Wildman–Crippen MR) is 83.8 cm³/mol. The lowest BCUT2D eigenvalue weighted by Crippen LogP contribution is -2.43. The van der Waals surface area contributed by atoms with Crippen LogP contribution in [0.25, 0.3) is 0 Å². The molecule has 1 aliphatic heterocycles. The summed E-state index contributed by atoms with van der Waals surface area (Å²) >= 11 is 0. The summed E-state index contributed by atoms with van der Waals surface area (Å²) < 4.78 is 5.86. The van der Waals surface area contributed by atoms with Gasteiger partial charge in [0.1, 0.15) is 11.6 Å². The number of nitriles is 1. The number of hydrogen-bond acceptors (Lipinski definition) is 5. The van der Waals surface area contributed by atoms with Crippen LogP contribution in [0.5, 0.6) is 5.88 Å². The van der Waals surface area contributed by atoms with E-state index in [2.05, 4.69) is 21.7 Å². The highest BCUT2D eigenvalue weighted by Crippen LogP contribution is 2.34. The van der Waals surface area contributed by atoms with Gasteiger partial charge in [0.2, 0.25) is 5.88 Å². The summed E-state index contributed by atoms with van der Waals surface area (Å²) in [7, 11) is 0. The summed E-state index contributed by atoms with van der Waals surface area (Å²) in [6.07, 6.45) is 7.02. The van der Waals surface area contributed by atoms with E-state index in [0.29, 0.717) is 5.88 Å². The Bertz CT molecular complexity index is 489. The minimum absolute atomic E-state index is 0. The second-order valence-corrected chi connectivity index (χ2v) is 5.62. The van der Waals surface area contributed by atoms with Crippen LogP contribution < -0.4 is 15.4 Å². The van der Waals surface area contributed by atoms with Crippen molar-refractivity contribution in [3.05, 3.63) is 18.3 Å². The molecule has 0 amide bonds. The Labute approximate surface area is 131 Å². The Hall–Kier alpha value is -1.51. The van der Waals surface area contributed by atoms with Gasteiger partial charge in [-0.2, -0.15) is 5.26 Å². The molecule has 1 saturated heterocycles. The standard InChI is InChI=1S/C15H20N4O.ClH/c16-11-15(6-1-7-15)19-12-2-3-14(18-10-12)20-13-4-8-17-9-5-13;/h2-3,10,13,17,19H,1,4-9H2;1H. The van der Waals surface area contributed by atoms with Crippen LogP contribution in [0.4, 0.5) is 5.69 Å². The molecule has 0 unspecified atom stereocenters. The van der Waals surface area contributed by atoms with Crippen molar-refractivity contribution in [1.82, 2.24) is 10.3 Å². The summed E-state index contributed by atoms with van der Waals surface area (Å²) in [6, 6.07) is 6.19. The Kier molecular flexibility index (Phi) is 5.27. The molecule has 114 valence electrons. The van der Waals surface area contributed by atoms with Gasteiger partial charge in [-0.25, -0.2) is 4.98 Å². The second kappa shape index (κ2) is 6.97. The Morgan fingerprint density at radius 2 is 2.10 bits per heavy atom. The lowest BCUT2D eigenvalue weighted by Gasteiger charge is -2.36. The highest BCUT2D eigenvalue weighted by molar-refractivity contribution is 5.85. The van der Waals surface area contributed by atoms with Crippen molar-refractivity contribution in [3.63, 3.8) is 0 Å². The van der Waals surface area contributed by atoms with Gasteiger partial charge < -0.3 is 15.4 Å². The van der Waals surface area contributed by atoms with Crippen molar-refractivity contribution in [1.29, 1.82) is 5.26 Å². The number of halogens is 1. The highest BCUT2D eigenvalue weighted by Gasteiger charge is 2.37. The molecule has 0 atom stereocenters. The van der Waals surface area contributed by atoms with Gasteiger partial charge in [0.05, 0.1) is 18.0 Å². The zero-order valence-corrected chi connectivity index (χ0v) is 12.8. The smallest absolute Gasteiger partial charge is 0.213 e. The number of piperidine rings is 1. The first-order chi connectivity index (χ1) is 9.80. The van der Waals surface area contributed by atoms with Crippen molar-refractivity contribution in [2.75, 3.05) is 18.4 Å². The van der Waals surface area contributed by atoms with Gasteiger partial charge in [0, 0.05) is 6.07 Å². The number of nitrogens with zero attached hydrogens (tertiary/aromatic N) is 2. The van der Waals surface area contributed by atoms with Gasteiger partial charge in [0.25, 0.3) is 0 Å². The largest absolute Gasteiger partial charge is 0.474 e.